The predicted octanol–water partition coefficient (Wildman–Crippen LogP) is 2.15. The summed E-state index contributed by atoms with van der Waals surface area (Å²) in [7, 11) is 0. The highest BCUT2D eigenvalue weighted by Gasteiger charge is 2.36. The summed E-state index contributed by atoms with van der Waals surface area (Å²) >= 11 is 0. The molecule has 0 aliphatic carbocycles. The molecule has 0 spiro atoms. The van der Waals surface area contributed by atoms with Crippen molar-refractivity contribution >= 4 is 22.7 Å². The van der Waals surface area contributed by atoms with Crippen LogP contribution in [-0.4, -0.2) is 61.5 Å². The molecule has 0 saturated carbocycles. The van der Waals surface area contributed by atoms with E-state index < -0.39 is 6.17 Å². The van der Waals surface area contributed by atoms with Gasteiger partial charge in [-0.05, 0) is 32.0 Å². The molecule has 4 rings (SSSR count). The first-order valence-corrected chi connectivity index (χ1v) is 9.64. The molecule has 1 aliphatic rings. The Bertz CT molecular complexity index is 1040. The van der Waals surface area contributed by atoms with Crippen molar-refractivity contribution in [2.45, 2.75) is 45.1 Å². The van der Waals surface area contributed by atoms with Crippen LogP contribution in [0.1, 0.15) is 41.1 Å². The van der Waals surface area contributed by atoms with Gasteiger partial charge in [-0.3, -0.25) is 9.59 Å². The largest absolute Gasteiger partial charge is 0.361 e. The van der Waals surface area contributed by atoms with Crippen LogP contribution >= 0.6 is 0 Å². The van der Waals surface area contributed by atoms with E-state index in [1.807, 2.05) is 26.0 Å². The molecule has 2 N–H and O–H groups in total. The van der Waals surface area contributed by atoms with Gasteiger partial charge in [0.1, 0.15) is 6.17 Å². The highest BCUT2D eigenvalue weighted by Crippen LogP contribution is 2.26. The predicted molar refractivity (Wildman–Crippen MR) is 105 cm³/mol. The Labute approximate surface area is 167 Å². The lowest BCUT2D eigenvalue weighted by atomic mass is 10.1. The van der Waals surface area contributed by atoms with Crippen molar-refractivity contribution in [1.82, 2.24) is 30.2 Å². The van der Waals surface area contributed by atoms with Gasteiger partial charge in [0.15, 0.2) is 5.69 Å². The summed E-state index contributed by atoms with van der Waals surface area (Å²) in [6, 6.07) is 6.92. The zero-order valence-corrected chi connectivity index (χ0v) is 16.3. The Hall–Kier alpha value is -3.23. The molecule has 1 aromatic carbocycles. The van der Waals surface area contributed by atoms with Crippen molar-refractivity contribution in [3.05, 3.63) is 47.9 Å². The second-order valence-electron chi connectivity index (χ2n) is 7.64. The number of nitrogens with one attached hydrogen (secondary N) is 2. The van der Waals surface area contributed by atoms with Gasteiger partial charge in [-0.25, -0.2) is 9.07 Å². The molecule has 2 aromatic heterocycles. The third-order valence-corrected chi connectivity index (χ3v) is 5.04. The molecular weight excluding hydrogens is 375 g/mol. The van der Waals surface area contributed by atoms with Gasteiger partial charge < -0.3 is 15.2 Å². The minimum absolute atomic E-state index is 0.0148. The number of halogens is 1. The molecule has 3 heterocycles. The van der Waals surface area contributed by atoms with Crippen LogP contribution in [-0.2, 0) is 6.54 Å². The molecule has 0 radical (unpaired) electrons. The van der Waals surface area contributed by atoms with Gasteiger partial charge in [-0.15, -0.1) is 5.10 Å². The van der Waals surface area contributed by atoms with E-state index in [0.717, 1.165) is 10.9 Å². The second-order valence-corrected chi connectivity index (χ2v) is 7.64. The number of benzene rings is 1. The SMILES string of the molecule is CC(C)NC(=O)c1cn(CC2CC(F)CN2C(=O)c2cccc3[nH]ccc23)nn1. The topological polar surface area (TPSA) is 95.9 Å². The van der Waals surface area contributed by atoms with Gasteiger partial charge in [0, 0.05) is 35.1 Å². The van der Waals surface area contributed by atoms with Crippen LogP contribution in [0.4, 0.5) is 4.39 Å². The molecule has 1 saturated heterocycles. The third-order valence-electron chi connectivity index (χ3n) is 5.04. The molecule has 1 aliphatic heterocycles. The van der Waals surface area contributed by atoms with Crippen molar-refractivity contribution in [2.75, 3.05) is 6.54 Å². The number of hydrogen-bond acceptors (Lipinski definition) is 4. The first kappa shape index (κ1) is 19.1. The number of aromatic amines is 1. The van der Waals surface area contributed by atoms with E-state index in [1.165, 1.54) is 10.9 Å². The lowest BCUT2D eigenvalue weighted by molar-refractivity contribution is 0.0716. The number of H-pyrrole nitrogens is 1. The molecule has 3 aromatic rings. The lowest BCUT2D eigenvalue weighted by Gasteiger charge is -2.24. The normalized spacial score (nSPS) is 19.2. The fourth-order valence-electron chi connectivity index (χ4n) is 3.75. The monoisotopic (exact) mass is 398 g/mol. The number of amides is 2. The zero-order valence-electron chi connectivity index (χ0n) is 16.3. The molecule has 2 amide bonds. The van der Waals surface area contributed by atoms with Crippen LogP contribution < -0.4 is 5.32 Å². The number of alkyl halides is 1. The van der Waals surface area contributed by atoms with Gasteiger partial charge in [-0.2, -0.15) is 0 Å². The van der Waals surface area contributed by atoms with Gasteiger partial charge in [-0.1, -0.05) is 11.3 Å². The Kier molecular flexibility index (Phi) is 5.04. The molecule has 2 unspecified atom stereocenters. The maximum Gasteiger partial charge on any atom is 0.273 e. The number of hydrogen-bond donors (Lipinski definition) is 2. The maximum absolute atomic E-state index is 14.2. The molecule has 9 heteroatoms. The standard InChI is InChI=1S/C20H23FN6O2/c1-12(2)23-19(28)18-11-26(25-24-18)10-14-8-13(21)9-27(14)20(29)16-4-3-5-17-15(16)6-7-22-17/h3-7,11-14,22H,8-10H2,1-2H3,(H,23,28). The minimum Gasteiger partial charge on any atom is -0.361 e. The fourth-order valence-corrected chi connectivity index (χ4v) is 3.75. The van der Waals surface area contributed by atoms with Gasteiger partial charge >= 0.3 is 0 Å². The molecule has 29 heavy (non-hydrogen) atoms. The summed E-state index contributed by atoms with van der Waals surface area (Å²) < 4.78 is 15.7. The molecular formula is C20H23FN6O2. The Morgan fingerprint density at radius 1 is 1.34 bits per heavy atom. The lowest BCUT2D eigenvalue weighted by Crippen LogP contribution is -2.38. The second kappa shape index (κ2) is 7.65. The van der Waals surface area contributed by atoms with E-state index in [9.17, 15) is 14.0 Å². The minimum atomic E-state index is -1.10. The fraction of sp³-hybridized carbons (Fsp3) is 0.400. The first-order chi connectivity index (χ1) is 13.9. The van der Waals surface area contributed by atoms with Crippen molar-refractivity contribution in [3.63, 3.8) is 0 Å². The third kappa shape index (κ3) is 3.85. The summed E-state index contributed by atoms with van der Waals surface area (Å²) in [5.74, 6) is -0.522. The summed E-state index contributed by atoms with van der Waals surface area (Å²) in [4.78, 5) is 29.9. The smallest absolute Gasteiger partial charge is 0.273 e. The van der Waals surface area contributed by atoms with Crippen molar-refractivity contribution in [3.8, 4) is 0 Å². The van der Waals surface area contributed by atoms with E-state index in [1.54, 1.807) is 23.2 Å². The molecule has 2 atom stereocenters. The van der Waals surface area contributed by atoms with Crippen LogP contribution in [0, 0.1) is 0 Å². The van der Waals surface area contributed by atoms with Crippen LogP contribution in [0.3, 0.4) is 0 Å². The average Bonchev–Trinajstić information content (AvgIpc) is 3.40. The van der Waals surface area contributed by atoms with Crippen LogP contribution in [0.25, 0.3) is 10.9 Å². The van der Waals surface area contributed by atoms with Crippen molar-refractivity contribution < 1.29 is 14.0 Å². The number of fused-ring (bicyclic) bond motifs is 1. The van der Waals surface area contributed by atoms with E-state index in [4.69, 9.17) is 0 Å². The quantitative estimate of drug-likeness (QED) is 0.688. The van der Waals surface area contributed by atoms with Crippen molar-refractivity contribution in [2.24, 2.45) is 0 Å². The Morgan fingerprint density at radius 2 is 2.17 bits per heavy atom. The number of carbonyl (C=O) groups excluding carboxylic acids is 2. The van der Waals surface area contributed by atoms with Crippen LogP contribution in [0.15, 0.2) is 36.7 Å². The Morgan fingerprint density at radius 3 is 2.97 bits per heavy atom. The summed E-state index contributed by atoms with van der Waals surface area (Å²) in [6.07, 6.45) is 2.43. The number of nitrogens with zero attached hydrogens (tertiary/aromatic N) is 4. The van der Waals surface area contributed by atoms with E-state index in [-0.39, 0.29) is 49.1 Å². The number of aromatic nitrogens is 4. The maximum atomic E-state index is 14.2. The highest BCUT2D eigenvalue weighted by molar-refractivity contribution is 6.06. The zero-order chi connectivity index (χ0) is 20.5. The van der Waals surface area contributed by atoms with Gasteiger partial charge in [0.05, 0.1) is 25.3 Å². The first-order valence-electron chi connectivity index (χ1n) is 9.64. The molecule has 8 nitrogen and oxygen atoms in total. The Balaban J connectivity index is 1.53. The average molecular weight is 398 g/mol. The van der Waals surface area contributed by atoms with Crippen molar-refractivity contribution in [1.29, 1.82) is 0 Å². The van der Waals surface area contributed by atoms with Gasteiger partial charge in [0.25, 0.3) is 11.8 Å². The van der Waals surface area contributed by atoms with Gasteiger partial charge in [0.2, 0.25) is 0 Å². The number of carbonyl (C=O) groups is 2. The highest BCUT2D eigenvalue weighted by atomic mass is 19.1. The molecule has 1 fully saturated rings. The molecule has 152 valence electrons. The van der Waals surface area contributed by atoms with E-state index >= 15 is 0 Å². The summed E-state index contributed by atoms with van der Waals surface area (Å²) in [6.45, 7) is 4.03. The van der Waals surface area contributed by atoms with E-state index in [0.29, 0.717) is 5.56 Å². The van der Waals surface area contributed by atoms with Crippen LogP contribution in [0.5, 0.6) is 0 Å². The molecule has 0 bridgehead atoms. The van der Waals surface area contributed by atoms with E-state index in [2.05, 4.69) is 20.6 Å². The summed E-state index contributed by atoms with van der Waals surface area (Å²) in [5.41, 5.74) is 1.60. The van der Waals surface area contributed by atoms with Crippen LogP contribution in [0.2, 0.25) is 0 Å². The summed E-state index contributed by atoms with van der Waals surface area (Å²) in [5, 5.41) is 11.4. The number of rotatable bonds is 5. The number of likely N-dealkylation sites (tertiary alicyclic amines) is 1.